The first-order chi connectivity index (χ1) is 11.0. The SMILES string of the molecule is CC1CCC(C(=O)O)CN1C(=O)c1cc2ccccc2cc1O. The normalized spacial score (nSPS) is 21.3. The minimum Gasteiger partial charge on any atom is -0.507 e. The Labute approximate surface area is 134 Å². The number of benzene rings is 2. The van der Waals surface area contributed by atoms with Gasteiger partial charge in [-0.05, 0) is 42.7 Å². The fraction of sp³-hybridized carbons (Fsp3) is 0.333. The average Bonchev–Trinajstić information content (AvgIpc) is 2.53. The summed E-state index contributed by atoms with van der Waals surface area (Å²) in [7, 11) is 0. The average molecular weight is 313 g/mol. The van der Waals surface area contributed by atoms with Gasteiger partial charge in [-0.25, -0.2) is 0 Å². The molecule has 2 aromatic carbocycles. The van der Waals surface area contributed by atoms with E-state index in [0.717, 1.165) is 10.8 Å². The van der Waals surface area contributed by atoms with E-state index < -0.39 is 11.9 Å². The van der Waals surface area contributed by atoms with Crippen LogP contribution in [0.5, 0.6) is 5.75 Å². The summed E-state index contributed by atoms with van der Waals surface area (Å²) >= 11 is 0. The van der Waals surface area contributed by atoms with Crippen LogP contribution in [0.15, 0.2) is 36.4 Å². The minimum absolute atomic E-state index is 0.0380. The monoisotopic (exact) mass is 313 g/mol. The molecule has 0 aromatic heterocycles. The van der Waals surface area contributed by atoms with Crippen LogP contribution in [-0.4, -0.2) is 39.6 Å². The molecule has 120 valence electrons. The second kappa shape index (κ2) is 5.91. The van der Waals surface area contributed by atoms with Crippen molar-refractivity contribution in [3.8, 4) is 5.75 Å². The number of carboxylic acids is 1. The Morgan fingerprint density at radius 2 is 1.78 bits per heavy atom. The highest BCUT2D eigenvalue weighted by Gasteiger charge is 2.33. The molecule has 1 heterocycles. The molecule has 0 aliphatic carbocycles. The third kappa shape index (κ3) is 2.86. The fourth-order valence-corrected chi connectivity index (χ4v) is 3.15. The quantitative estimate of drug-likeness (QED) is 0.893. The predicted molar refractivity (Wildman–Crippen MR) is 86.5 cm³/mol. The van der Waals surface area contributed by atoms with Gasteiger partial charge < -0.3 is 15.1 Å². The lowest BCUT2D eigenvalue weighted by Crippen LogP contribution is -2.47. The Morgan fingerprint density at radius 1 is 1.13 bits per heavy atom. The molecule has 1 aliphatic rings. The van der Waals surface area contributed by atoms with Crippen molar-refractivity contribution in [3.63, 3.8) is 0 Å². The lowest BCUT2D eigenvalue weighted by Gasteiger charge is -2.36. The first-order valence-corrected chi connectivity index (χ1v) is 7.73. The van der Waals surface area contributed by atoms with Crippen LogP contribution >= 0.6 is 0 Å². The van der Waals surface area contributed by atoms with Gasteiger partial charge in [0, 0.05) is 12.6 Å². The van der Waals surface area contributed by atoms with Crippen molar-refractivity contribution in [1.82, 2.24) is 4.90 Å². The molecule has 5 nitrogen and oxygen atoms in total. The third-order valence-electron chi connectivity index (χ3n) is 4.59. The number of aliphatic carboxylic acids is 1. The van der Waals surface area contributed by atoms with Gasteiger partial charge in [-0.15, -0.1) is 0 Å². The summed E-state index contributed by atoms with van der Waals surface area (Å²) < 4.78 is 0. The van der Waals surface area contributed by atoms with Crippen molar-refractivity contribution in [2.75, 3.05) is 6.54 Å². The minimum atomic E-state index is -0.877. The number of piperidine rings is 1. The number of rotatable bonds is 2. The van der Waals surface area contributed by atoms with E-state index in [4.69, 9.17) is 0 Å². The Bertz CT molecular complexity index is 771. The number of aromatic hydroxyl groups is 1. The number of fused-ring (bicyclic) bond motifs is 1. The summed E-state index contributed by atoms with van der Waals surface area (Å²) in [6.07, 6.45) is 1.22. The molecule has 1 fully saturated rings. The molecule has 3 rings (SSSR count). The van der Waals surface area contributed by atoms with Crippen LogP contribution in [0.1, 0.15) is 30.1 Å². The van der Waals surface area contributed by atoms with E-state index in [-0.39, 0.29) is 29.8 Å². The molecular weight excluding hydrogens is 294 g/mol. The zero-order valence-corrected chi connectivity index (χ0v) is 12.9. The summed E-state index contributed by atoms with van der Waals surface area (Å²) in [6, 6.07) is 10.7. The van der Waals surface area contributed by atoms with Crippen LogP contribution in [0, 0.1) is 5.92 Å². The van der Waals surface area contributed by atoms with Crippen LogP contribution in [0.25, 0.3) is 10.8 Å². The summed E-state index contributed by atoms with van der Waals surface area (Å²) in [5.74, 6) is -1.81. The van der Waals surface area contributed by atoms with Gasteiger partial charge in [0.25, 0.3) is 5.91 Å². The number of likely N-dealkylation sites (tertiary alicyclic amines) is 1. The molecule has 2 atom stereocenters. The van der Waals surface area contributed by atoms with Gasteiger partial charge in [-0.2, -0.15) is 0 Å². The first-order valence-electron chi connectivity index (χ1n) is 7.73. The number of amides is 1. The van der Waals surface area contributed by atoms with Crippen molar-refractivity contribution in [3.05, 3.63) is 42.0 Å². The van der Waals surface area contributed by atoms with E-state index in [1.54, 1.807) is 17.0 Å². The molecule has 0 radical (unpaired) electrons. The van der Waals surface area contributed by atoms with Gasteiger partial charge in [-0.3, -0.25) is 9.59 Å². The number of carboxylic acid groups (broad SMARTS) is 1. The predicted octanol–water partition coefficient (Wildman–Crippen LogP) is 2.87. The highest BCUT2D eigenvalue weighted by Crippen LogP contribution is 2.29. The summed E-state index contributed by atoms with van der Waals surface area (Å²) in [5, 5.41) is 21.1. The summed E-state index contributed by atoms with van der Waals surface area (Å²) in [6.45, 7) is 2.09. The molecule has 1 saturated heterocycles. The molecule has 5 heteroatoms. The molecular formula is C18H19NO4. The van der Waals surface area contributed by atoms with E-state index in [1.165, 1.54) is 0 Å². The molecule has 0 saturated carbocycles. The van der Waals surface area contributed by atoms with E-state index in [0.29, 0.717) is 12.8 Å². The van der Waals surface area contributed by atoms with Crippen molar-refractivity contribution < 1.29 is 19.8 Å². The largest absolute Gasteiger partial charge is 0.507 e. The molecule has 2 aromatic rings. The van der Waals surface area contributed by atoms with Gasteiger partial charge in [0.15, 0.2) is 0 Å². The smallest absolute Gasteiger partial charge is 0.308 e. The van der Waals surface area contributed by atoms with E-state index >= 15 is 0 Å². The number of phenolic OH excluding ortho intramolecular Hbond substituents is 1. The van der Waals surface area contributed by atoms with Crippen LogP contribution in [-0.2, 0) is 4.79 Å². The van der Waals surface area contributed by atoms with Gasteiger partial charge in [-0.1, -0.05) is 24.3 Å². The van der Waals surface area contributed by atoms with Gasteiger partial charge in [0.2, 0.25) is 0 Å². The zero-order chi connectivity index (χ0) is 16.6. The van der Waals surface area contributed by atoms with Crippen LogP contribution in [0.4, 0.5) is 0 Å². The second-order valence-electron chi connectivity index (χ2n) is 6.14. The topological polar surface area (TPSA) is 77.8 Å². The molecule has 1 aliphatic heterocycles. The summed E-state index contributed by atoms with van der Waals surface area (Å²) in [5.41, 5.74) is 0.224. The Balaban J connectivity index is 1.95. The van der Waals surface area contributed by atoms with Crippen LogP contribution < -0.4 is 0 Å². The molecule has 2 N–H and O–H groups in total. The van der Waals surface area contributed by atoms with Crippen molar-refractivity contribution >= 4 is 22.6 Å². The Hall–Kier alpha value is -2.56. The first kappa shape index (κ1) is 15.3. The maximum atomic E-state index is 12.8. The Kier molecular flexibility index (Phi) is 3.94. The van der Waals surface area contributed by atoms with E-state index in [9.17, 15) is 19.8 Å². The third-order valence-corrected chi connectivity index (χ3v) is 4.59. The number of carbonyl (C=O) groups is 2. The molecule has 0 bridgehead atoms. The maximum Gasteiger partial charge on any atom is 0.308 e. The molecule has 23 heavy (non-hydrogen) atoms. The lowest BCUT2D eigenvalue weighted by molar-refractivity contribution is -0.143. The fourth-order valence-electron chi connectivity index (χ4n) is 3.15. The maximum absolute atomic E-state index is 12.8. The van der Waals surface area contributed by atoms with Crippen LogP contribution in [0.2, 0.25) is 0 Å². The van der Waals surface area contributed by atoms with Crippen molar-refractivity contribution in [1.29, 1.82) is 0 Å². The molecule has 2 unspecified atom stereocenters. The number of hydrogen-bond donors (Lipinski definition) is 2. The van der Waals surface area contributed by atoms with Crippen LogP contribution in [0.3, 0.4) is 0 Å². The highest BCUT2D eigenvalue weighted by molar-refractivity contribution is 6.01. The van der Waals surface area contributed by atoms with Gasteiger partial charge >= 0.3 is 5.97 Å². The van der Waals surface area contributed by atoms with E-state index in [2.05, 4.69) is 0 Å². The number of nitrogens with zero attached hydrogens (tertiary/aromatic N) is 1. The van der Waals surface area contributed by atoms with E-state index in [1.807, 2.05) is 31.2 Å². The second-order valence-corrected chi connectivity index (χ2v) is 6.14. The summed E-state index contributed by atoms with van der Waals surface area (Å²) in [4.78, 5) is 25.6. The van der Waals surface area contributed by atoms with Crippen molar-refractivity contribution in [2.24, 2.45) is 5.92 Å². The standard InChI is InChI=1S/C18H19NO4/c1-11-6-7-14(18(22)23)10-19(11)17(21)15-8-12-4-2-3-5-13(12)9-16(15)20/h2-5,8-9,11,14,20H,6-7,10H2,1H3,(H,22,23). The highest BCUT2D eigenvalue weighted by atomic mass is 16.4. The number of carbonyl (C=O) groups excluding carboxylic acids is 1. The molecule has 0 spiro atoms. The zero-order valence-electron chi connectivity index (χ0n) is 12.9. The number of phenols is 1. The number of hydrogen-bond acceptors (Lipinski definition) is 3. The van der Waals surface area contributed by atoms with Gasteiger partial charge in [0.1, 0.15) is 5.75 Å². The Morgan fingerprint density at radius 3 is 2.43 bits per heavy atom. The van der Waals surface area contributed by atoms with Gasteiger partial charge in [0.05, 0.1) is 11.5 Å². The molecule has 1 amide bonds. The van der Waals surface area contributed by atoms with Crippen molar-refractivity contribution in [2.45, 2.75) is 25.8 Å². The lowest BCUT2D eigenvalue weighted by atomic mass is 9.92.